The number of imidazole rings is 1. The lowest BCUT2D eigenvalue weighted by Crippen LogP contribution is -2.39. The maximum absolute atomic E-state index is 4.62. The first-order valence-corrected chi connectivity index (χ1v) is 7.71. The van der Waals surface area contributed by atoms with Gasteiger partial charge in [0.15, 0.2) is 0 Å². The van der Waals surface area contributed by atoms with E-state index < -0.39 is 0 Å². The zero-order chi connectivity index (χ0) is 14.3. The third kappa shape index (κ3) is 2.24. The highest BCUT2D eigenvalue weighted by Crippen LogP contribution is 2.34. The standard InChI is InChI=1S/C17H25N3/c1-11-5-6-14(18-4)16(7-11)20-10-19-15-8-12(2)13(3)9-17(15)20/h8-11,14,16,18H,5-7H2,1-4H3. The Balaban J connectivity index is 2.06. The highest BCUT2D eigenvalue weighted by Gasteiger charge is 2.29. The minimum Gasteiger partial charge on any atom is -0.326 e. The van der Waals surface area contributed by atoms with Crippen molar-refractivity contribution >= 4 is 11.0 Å². The lowest BCUT2D eigenvalue weighted by atomic mass is 9.83. The lowest BCUT2D eigenvalue weighted by Gasteiger charge is -2.36. The van der Waals surface area contributed by atoms with Crippen molar-refractivity contribution in [1.29, 1.82) is 0 Å². The second-order valence-electron chi connectivity index (χ2n) is 6.46. The van der Waals surface area contributed by atoms with Crippen LogP contribution in [0, 0.1) is 19.8 Å². The molecule has 0 saturated heterocycles. The normalized spacial score (nSPS) is 27.1. The van der Waals surface area contributed by atoms with Gasteiger partial charge in [0.25, 0.3) is 0 Å². The van der Waals surface area contributed by atoms with E-state index in [2.05, 4.69) is 54.8 Å². The highest BCUT2D eigenvalue weighted by atomic mass is 15.1. The molecular weight excluding hydrogens is 246 g/mol. The molecule has 1 aliphatic carbocycles. The number of benzene rings is 1. The summed E-state index contributed by atoms with van der Waals surface area (Å²) >= 11 is 0. The summed E-state index contributed by atoms with van der Waals surface area (Å²) in [6.45, 7) is 6.71. The molecule has 20 heavy (non-hydrogen) atoms. The van der Waals surface area contributed by atoms with Crippen molar-refractivity contribution in [2.24, 2.45) is 5.92 Å². The van der Waals surface area contributed by atoms with Crippen LogP contribution in [-0.2, 0) is 0 Å². The summed E-state index contributed by atoms with van der Waals surface area (Å²) in [7, 11) is 2.09. The van der Waals surface area contributed by atoms with Crippen molar-refractivity contribution in [2.75, 3.05) is 7.05 Å². The molecule has 3 nitrogen and oxygen atoms in total. The number of nitrogens with zero attached hydrogens (tertiary/aromatic N) is 2. The molecule has 1 fully saturated rings. The van der Waals surface area contributed by atoms with Crippen LogP contribution in [0.15, 0.2) is 18.5 Å². The van der Waals surface area contributed by atoms with E-state index >= 15 is 0 Å². The summed E-state index contributed by atoms with van der Waals surface area (Å²) in [6, 6.07) is 5.59. The predicted octanol–water partition coefficient (Wildman–Crippen LogP) is 3.60. The molecule has 1 aromatic heterocycles. The maximum atomic E-state index is 4.62. The molecule has 1 aromatic carbocycles. The molecule has 1 aliphatic rings. The predicted molar refractivity (Wildman–Crippen MR) is 84.1 cm³/mol. The largest absolute Gasteiger partial charge is 0.326 e. The number of likely N-dealkylation sites (N-methyl/N-ethyl adjacent to an activating group) is 1. The van der Waals surface area contributed by atoms with E-state index in [0.29, 0.717) is 12.1 Å². The fourth-order valence-electron chi connectivity index (χ4n) is 3.54. The van der Waals surface area contributed by atoms with Gasteiger partial charge < -0.3 is 9.88 Å². The van der Waals surface area contributed by atoms with E-state index in [4.69, 9.17) is 0 Å². The van der Waals surface area contributed by atoms with Crippen LogP contribution in [0.3, 0.4) is 0 Å². The first-order chi connectivity index (χ1) is 9.60. The molecule has 3 heteroatoms. The molecule has 108 valence electrons. The van der Waals surface area contributed by atoms with Crippen molar-refractivity contribution < 1.29 is 0 Å². The summed E-state index contributed by atoms with van der Waals surface area (Å²) in [6.07, 6.45) is 5.86. The first-order valence-electron chi connectivity index (χ1n) is 7.71. The Morgan fingerprint density at radius 2 is 1.95 bits per heavy atom. The number of fused-ring (bicyclic) bond motifs is 1. The van der Waals surface area contributed by atoms with Gasteiger partial charge in [0, 0.05) is 6.04 Å². The Morgan fingerprint density at radius 3 is 2.70 bits per heavy atom. The van der Waals surface area contributed by atoms with E-state index in [0.717, 1.165) is 11.4 Å². The average Bonchev–Trinajstić information content (AvgIpc) is 2.82. The molecule has 0 amide bonds. The highest BCUT2D eigenvalue weighted by molar-refractivity contribution is 5.77. The van der Waals surface area contributed by atoms with Gasteiger partial charge in [-0.05, 0) is 69.3 Å². The van der Waals surface area contributed by atoms with Gasteiger partial charge in [0.1, 0.15) is 0 Å². The van der Waals surface area contributed by atoms with Crippen molar-refractivity contribution in [1.82, 2.24) is 14.9 Å². The monoisotopic (exact) mass is 271 g/mol. The van der Waals surface area contributed by atoms with Gasteiger partial charge in [-0.15, -0.1) is 0 Å². The van der Waals surface area contributed by atoms with Crippen LogP contribution in [0.4, 0.5) is 0 Å². The van der Waals surface area contributed by atoms with E-state index in [1.165, 1.54) is 35.9 Å². The van der Waals surface area contributed by atoms with Crippen molar-refractivity contribution in [2.45, 2.75) is 52.1 Å². The third-order valence-corrected chi connectivity index (χ3v) is 5.00. The second kappa shape index (κ2) is 5.21. The van der Waals surface area contributed by atoms with Crippen LogP contribution >= 0.6 is 0 Å². The minimum atomic E-state index is 0.524. The van der Waals surface area contributed by atoms with Gasteiger partial charge in [0.2, 0.25) is 0 Å². The molecule has 3 unspecified atom stereocenters. The van der Waals surface area contributed by atoms with Crippen molar-refractivity contribution in [3.63, 3.8) is 0 Å². The van der Waals surface area contributed by atoms with Gasteiger partial charge in [-0.3, -0.25) is 0 Å². The van der Waals surface area contributed by atoms with Gasteiger partial charge in [-0.2, -0.15) is 0 Å². The molecule has 0 radical (unpaired) electrons. The fourth-order valence-corrected chi connectivity index (χ4v) is 3.54. The number of nitrogens with one attached hydrogen (secondary N) is 1. The zero-order valence-corrected chi connectivity index (χ0v) is 13.0. The van der Waals surface area contributed by atoms with E-state index in [1.807, 2.05) is 6.33 Å². The van der Waals surface area contributed by atoms with Crippen molar-refractivity contribution in [3.8, 4) is 0 Å². The summed E-state index contributed by atoms with van der Waals surface area (Å²) in [5, 5.41) is 3.50. The maximum Gasteiger partial charge on any atom is 0.0961 e. The first kappa shape index (κ1) is 13.6. The van der Waals surface area contributed by atoms with Gasteiger partial charge in [-0.25, -0.2) is 4.98 Å². The quantitative estimate of drug-likeness (QED) is 0.904. The SMILES string of the molecule is CNC1CCC(C)CC1n1cnc2cc(C)c(C)cc21. The van der Waals surface area contributed by atoms with Crippen LogP contribution in [0.25, 0.3) is 11.0 Å². The average molecular weight is 271 g/mol. The number of rotatable bonds is 2. The zero-order valence-electron chi connectivity index (χ0n) is 13.0. The Morgan fingerprint density at radius 1 is 1.20 bits per heavy atom. The number of aromatic nitrogens is 2. The Kier molecular flexibility index (Phi) is 3.55. The Bertz CT molecular complexity index is 614. The Labute approximate surface area is 121 Å². The molecule has 1 N–H and O–H groups in total. The molecule has 1 saturated carbocycles. The number of hydrogen-bond donors (Lipinski definition) is 1. The van der Waals surface area contributed by atoms with Gasteiger partial charge in [-0.1, -0.05) is 6.92 Å². The van der Waals surface area contributed by atoms with E-state index in [1.54, 1.807) is 0 Å². The molecule has 0 spiro atoms. The lowest BCUT2D eigenvalue weighted by molar-refractivity contribution is 0.227. The van der Waals surface area contributed by atoms with Crippen LogP contribution in [0.5, 0.6) is 0 Å². The molecule has 0 aliphatic heterocycles. The summed E-state index contributed by atoms with van der Waals surface area (Å²) in [5.74, 6) is 0.800. The summed E-state index contributed by atoms with van der Waals surface area (Å²) < 4.78 is 2.40. The van der Waals surface area contributed by atoms with Crippen LogP contribution in [0.2, 0.25) is 0 Å². The van der Waals surface area contributed by atoms with Crippen LogP contribution in [0.1, 0.15) is 43.4 Å². The molecule has 2 aromatic rings. The smallest absolute Gasteiger partial charge is 0.0961 e. The summed E-state index contributed by atoms with van der Waals surface area (Å²) in [4.78, 5) is 4.62. The third-order valence-electron chi connectivity index (χ3n) is 5.00. The minimum absolute atomic E-state index is 0.524. The molecule has 3 atom stereocenters. The summed E-state index contributed by atoms with van der Waals surface area (Å²) in [5.41, 5.74) is 5.09. The Hall–Kier alpha value is -1.35. The van der Waals surface area contributed by atoms with E-state index in [-0.39, 0.29) is 0 Å². The number of hydrogen-bond acceptors (Lipinski definition) is 2. The molecule has 1 heterocycles. The van der Waals surface area contributed by atoms with Gasteiger partial charge >= 0.3 is 0 Å². The number of aryl methyl sites for hydroxylation is 2. The molecular formula is C17H25N3. The second-order valence-corrected chi connectivity index (χ2v) is 6.46. The topological polar surface area (TPSA) is 29.9 Å². The van der Waals surface area contributed by atoms with Crippen molar-refractivity contribution in [3.05, 3.63) is 29.6 Å². The van der Waals surface area contributed by atoms with Gasteiger partial charge in [0.05, 0.1) is 23.4 Å². The van der Waals surface area contributed by atoms with E-state index in [9.17, 15) is 0 Å². The van der Waals surface area contributed by atoms with Crippen LogP contribution in [-0.4, -0.2) is 22.6 Å². The molecule has 3 rings (SSSR count). The molecule has 0 bridgehead atoms. The van der Waals surface area contributed by atoms with Crippen LogP contribution < -0.4 is 5.32 Å². The fraction of sp³-hybridized carbons (Fsp3) is 0.588.